The molecule has 1 aromatic heterocycles. The van der Waals surface area contributed by atoms with Crippen LogP contribution in [0, 0.1) is 0 Å². The van der Waals surface area contributed by atoms with Gasteiger partial charge in [0, 0.05) is 12.6 Å². The van der Waals surface area contributed by atoms with E-state index in [9.17, 15) is 0 Å². The van der Waals surface area contributed by atoms with Crippen LogP contribution in [-0.2, 0) is 0 Å². The van der Waals surface area contributed by atoms with Crippen molar-refractivity contribution in [3.8, 4) is 0 Å². The van der Waals surface area contributed by atoms with E-state index >= 15 is 0 Å². The first kappa shape index (κ1) is 9.46. The van der Waals surface area contributed by atoms with Crippen molar-refractivity contribution in [1.82, 2.24) is 14.9 Å². The van der Waals surface area contributed by atoms with Crippen molar-refractivity contribution < 1.29 is 0 Å². The summed E-state index contributed by atoms with van der Waals surface area (Å²) in [6.07, 6.45) is 8.71. The Morgan fingerprint density at radius 1 is 1.71 bits per heavy atom. The van der Waals surface area contributed by atoms with E-state index in [1.54, 1.807) is 0 Å². The number of imidazole rings is 1. The molecule has 0 spiro atoms. The number of likely N-dealkylation sites (N-methyl/N-ethyl adjacent to an activating group) is 1. The standard InChI is InChI=1S/C11H17N3/c1-9(6-12-2)5-11-7-13-8-14(11)10-3-4-10/h5,7-8,10,12H,3-4,6H2,1-2H3. The first-order valence-electron chi connectivity index (χ1n) is 5.15. The zero-order chi connectivity index (χ0) is 9.97. The van der Waals surface area contributed by atoms with E-state index in [1.807, 2.05) is 19.6 Å². The van der Waals surface area contributed by atoms with E-state index in [-0.39, 0.29) is 0 Å². The van der Waals surface area contributed by atoms with Gasteiger partial charge in [0.25, 0.3) is 0 Å². The predicted molar refractivity (Wildman–Crippen MR) is 58.1 cm³/mol. The molecule has 1 aromatic rings. The fourth-order valence-corrected chi connectivity index (χ4v) is 1.67. The van der Waals surface area contributed by atoms with Crippen molar-refractivity contribution in [3.05, 3.63) is 23.8 Å². The number of nitrogens with one attached hydrogen (secondary N) is 1. The number of nitrogens with zero attached hydrogens (tertiary/aromatic N) is 2. The Kier molecular flexibility index (Phi) is 2.68. The molecule has 0 aliphatic heterocycles. The zero-order valence-corrected chi connectivity index (χ0v) is 8.83. The van der Waals surface area contributed by atoms with Gasteiger partial charge in [-0.1, -0.05) is 5.57 Å². The van der Waals surface area contributed by atoms with E-state index in [1.165, 1.54) is 24.1 Å². The van der Waals surface area contributed by atoms with E-state index in [0.29, 0.717) is 6.04 Å². The van der Waals surface area contributed by atoms with Crippen molar-refractivity contribution in [1.29, 1.82) is 0 Å². The molecule has 0 unspecified atom stereocenters. The average molecular weight is 191 g/mol. The maximum Gasteiger partial charge on any atom is 0.0953 e. The second-order valence-corrected chi connectivity index (χ2v) is 3.98. The Hall–Kier alpha value is -1.09. The predicted octanol–water partition coefficient (Wildman–Crippen LogP) is 1.84. The maximum atomic E-state index is 4.19. The highest BCUT2D eigenvalue weighted by Gasteiger charge is 2.24. The molecule has 3 nitrogen and oxygen atoms in total. The number of hydrogen-bond donors (Lipinski definition) is 1. The van der Waals surface area contributed by atoms with Gasteiger partial charge in [-0.15, -0.1) is 0 Å². The Balaban J connectivity index is 2.14. The normalized spacial score (nSPS) is 17.4. The molecule has 1 aliphatic rings. The van der Waals surface area contributed by atoms with E-state index in [0.717, 1.165) is 6.54 Å². The van der Waals surface area contributed by atoms with Gasteiger partial charge in [-0.2, -0.15) is 0 Å². The monoisotopic (exact) mass is 191 g/mol. The Bertz CT molecular complexity index is 334. The van der Waals surface area contributed by atoms with Crippen LogP contribution in [0.2, 0.25) is 0 Å². The van der Waals surface area contributed by atoms with Gasteiger partial charge in [0.05, 0.1) is 18.2 Å². The largest absolute Gasteiger partial charge is 0.328 e. The minimum absolute atomic E-state index is 0.714. The van der Waals surface area contributed by atoms with Gasteiger partial charge in [-0.05, 0) is 32.9 Å². The lowest BCUT2D eigenvalue weighted by Gasteiger charge is -2.03. The van der Waals surface area contributed by atoms with Crippen LogP contribution in [0.1, 0.15) is 31.5 Å². The molecular formula is C11H17N3. The molecule has 0 aromatic carbocycles. The molecule has 14 heavy (non-hydrogen) atoms. The van der Waals surface area contributed by atoms with E-state index in [4.69, 9.17) is 0 Å². The average Bonchev–Trinajstić information content (AvgIpc) is 2.89. The molecule has 1 aliphatic carbocycles. The molecule has 76 valence electrons. The summed E-state index contributed by atoms with van der Waals surface area (Å²) in [6, 6.07) is 0.714. The summed E-state index contributed by atoms with van der Waals surface area (Å²) in [5.74, 6) is 0. The smallest absolute Gasteiger partial charge is 0.0953 e. The highest BCUT2D eigenvalue weighted by molar-refractivity contribution is 5.48. The number of rotatable bonds is 4. The third-order valence-corrected chi connectivity index (χ3v) is 2.49. The zero-order valence-electron chi connectivity index (χ0n) is 8.83. The maximum absolute atomic E-state index is 4.19. The Labute approximate surface area is 84.8 Å². The van der Waals surface area contributed by atoms with Crippen LogP contribution < -0.4 is 5.32 Å². The van der Waals surface area contributed by atoms with Gasteiger partial charge in [0.2, 0.25) is 0 Å². The molecule has 0 atom stereocenters. The Morgan fingerprint density at radius 3 is 3.14 bits per heavy atom. The fourth-order valence-electron chi connectivity index (χ4n) is 1.67. The van der Waals surface area contributed by atoms with Crippen molar-refractivity contribution in [2.24, 2.45) is 0 Å². The highest BCUT2D eigenvalue weighted by atomic mass is 15.1. The first-order chi connectivity index (χ1) is 6.81. The third kappa shape index (κ3) is 2.04. The first-order valence-corrected chi connectivity index (χ1v) is 5.15. The molecule has 3 heteroatoms. The molecule has 0 radical (unpaired) electrons. The molecule has 2 rings (SSSR count). The molecule has 0 bridgehead atoms. The van der Waals surface area contributed by atoms with Crippen molar-refractivity contribution >= 4 is 6.08 Å². The van der Waals surface area contributed by atoms with Crippen molar-refractivity contribution in [2.45, 2.75) is 25.8 Å². The summed E-state index contributed by atoms with van der Waals surface area (Å²) in [5, 5.41) is 3.15. The highest BCUT2D eigenvalue weighted by Crippen LogP contribution is 2.35. The van der Waals surface area contributed by atoms with Crippen LogP contribution in [0.5, 0.6) is 0 Å². The summed E-state index contributed by atoms with van der Waals surface area (Å²) in [6.45, 7) is 3.08. The fraction of sp³-hybridized carbons (Fsp3) is 0.545. The van der Waals surface area contributed by atoms with E-state index in [2.05, 4.69) is 27.9 Å². The summed E-state index contributed by atoms with van der Waals surface area (Å²) in [4.78, 5) is 4.19. The lowest BCUT2D eigenvalue weighted by molar-refractivity contribution is 0.733. The van der Waals surface area contributed by atoms with Crippen molar-refractivity contribution in [2.75, 3.05) is 13.6 Å². The molecule has 1 saturated carbocycles. The summed E-state index contributed by atoms with van der Waals surface area (Å²) >= 11 is 0. The SMILES string of the molecule is CNCC(C)=Cc1cncn1C1CC1. The molecular weight excluding hydrogens is 174 g/mol. The molecule has 1 N–H and O–H groups in total. The topological polar surface area (TPSA) is 29.9 Å². The number of hydrogen-bond acceptors (Lipinski definition) is 2. The van der Waals surface area contributed by atoms with Crippen molar-refractivity contribution in [3.63, 3.8) is 0 Å². The minimum Gasteiger partial charge on any atom is -0.328 e. The Morgan fingerprint density at radius 2 is 2.50 bits per heavy atom. The third-order valence-electron chi connectivity index (χ3n) is 2.49. The van der Waals surface area contributed by atoms with E-state index < -0.39 is 0 Å². The molecule has 1 heterocycles. The van der Waals surface area contributed by atoms with Gasteiger partial charge in [0.15, 0.2) is 0 Å². The van der Waals surface area contributed by atoms with Gasteiger partial charge >= 0.3 is 0 Å². The van der Waals surface area contributed by atoms with Gasteiger partial charge in [-0.3, -0.25) is 0 Å². The van der Waals surface area contributed by atoms with Crippen LogP contribution >= 0.6 is 0 Å². The number of aromatic nitrogens is 2. The second-order valence-electron chi connectivity index (χ2n) is 3.98. The van der Waals surface area contributed by atoms with Crippen LogP contribution in [0.15, 0.2) is 18.1 Å². The van der Waals surface area contributed by atoms with Gasteiger partial charge in [-0.25, -0.2) is 4.98 Å². The van der Waals surface area contributed by atoms with Crippen LogP contribution in [0.4, 0.5) is 0 Å². The van der Waals surface area contributed by atoms with Crippen LogP contribution in [0.25, 0.3) is 6.08 Å². The van der Waals surface area contributed by atoms with Crippen LogP contribution in [-0.4, -0.2) is 23.1 Å². The van der Waals surface area contributed by atoms with Gasteiger partial charge in [0.1, 0.15) is 0 Å². The molecule has 0 saturated heterocycles. The summed E-state index contributed by atoms with van der Waals surface area (Å²) in [5.41, 5.74) is 2.58. The van der Waals surface area contributed by atoms with Gasteiger partial charge < -0.3 is 9.88 Å². The van der Waals surface area contributed by atoms with Crippen LogP contribution in [0.3, 0.4) is 0 Å². The summed E-state index contributed by atoms with van der Waals surface area (Å²) in [7, 11) is 1.97. The lowest BCUT2D eigenvalue weighted by Crippen LogP contribution is -2.08. The second kappa shape index (κ2) is 3.96. The molecule has 1 fully saturated rings. The lowest BCUT2D eigenvalue weighted by atomic mass is 10.2. The molecule has 0 amide bonds. The minimum atomic E-state index is 0.714. The summed E-state index contributed by atoms with van der Waals surface area (Å²) < 4.78 is 2.28. The quantitative estimate of drug-likeness (QED) is 0.787.